The molecule has 116 valence electrons. The highest BCUT2D eigenvalue weighted by atomic mass is 32.2. The van der Waals surface area contributed by atoms with Crippen molar-refractivity contribution in [1.29, 1.82) is 0 Å². The molecule has 0 aliphatic carbocycles. The first-order valence-electron chi connectivity index (χ1n) is 8.02. The van der Waals surface area contributed by atoms with Crippen molar-refractivity contribution in [3.05, 3.63) is 0 Å². The average molecular weight is 300 g/mol. The summed E-state index contributed by atoms with van der Waals surface area (Å²) in [6.07, 6.45) is 6.21. The molecular weight excluding hydrogens is 272 g/mol. The molecule has 0 spiro atoms. The number of hydrogen-bond donors (Lipinski definition) is 0. The molecular formula is C15H28N2O2S. The lowest BCUT2D eigenvalue weighted by Crippen LogP contribution is -2.40. The monoisotopic (exact) mass is 300 g/mol. The molecule has 0 N–H and O–H groups in total. The second kappa shape index (κ2) is 9.64. The maximum atomic E-state index is 12.0. The number of nitrogens with zero attached hydrogens (tertiary/aromatic N) is 2. The van der Waals surface area contributed by atoms with E-state index in [1.54, 1.807) is 0 Å². The number of amides is 1. The minimum absolute atomic E-state index is 0.301. The van der Waals surface area contributed by atoms with E-state index in [0.717, 1.165) is 24.6 Å². The Labute approximate surface area is 127 Å². The average Bonchev–Trinajstić information content (AvgIpc) is 2.76. The number of carbonyl (C=O) groups is 1. The van der Waals surface area contributed by atoms with E-state index in [0.29, 0.717) is 25.5 Å². The lowest BCUT2D eigenvalue weighted by molar-refractivity contribution is -0.134. The van der Waals surface area contributed by atoms with Crippen molar-refractivity contribution >= 4 is 17.7 Å². The van der Waals surface area contributed by atoms with Crippen LogP contribution in [0, 0.1) is 0 Å². The molecule has 2 aliphatic rings. The Kier molecular flexibility index (Phi) is 7.76. The fraction of sp³-hybridized carbons (Fsp3) is 0.933. The smallest absolute Gasteiger partial charge is 0.223 e. The molecule has 0 aromatic rings. The lowest BCUT2D eigenvalue weighted by Gasteiger charge is -2.26. The molecule has 2 heterocycles. The van der Waals surface area contributed by atoms with E-state index >= 15 is 0 Å². The van der Waals surface area contributed by atoms with Crippen molar-refractivity contribution in [3.8, 4) is 0 Å². The van der Waals surface area contributed by atoms with Gasteiger partial charge in [0.2, 0.25) is 5.91 Å². The molecule has 0 radical (unpaired) electrons. The third-order valence-corrected chi connectivity index (χ3v) is 5.04. The Morgan fingerprint density at radius 1 is 0.950 bits per heavy atom. The van der Waals surface area contributed by atoms with E-state index in [4.69, 9.17) is 4.74 Å². The molecule has 0 aromatic heterocycles. The van der Waals surface area contributed by atoms with Crippen molar-refractivity contribution < 1.29 is 9.53 Å². The fourth-order valence-corrected chi connectivity index (χ4v) is 3.70. The standard InChI is InChI=1S/C15H28N2O2S/c18-15(17-8-11-19-12-9-17)5-13-20-14-10-16-6-3-1-2-4-7-16/h1-14H2. The Balaban J connectivity index is 1.49. The van der Waals surface area contributed by atoms with Crippen molar-refractivity contribution in [2.24, 2.45) is 0 Å². The summed E-state index contributed by atoms with van der Waals surface area (Å²) in [7, 11) is 0. The van der Waals surface area contributed by atoms with E-state index < -0.39 is 0 Å². The molecule has 2 rings (SSSR count). The molecule has 4 nitrogen and oxygen atoms in total. The quantitative estimate of drug-likeness (QED) is 0.701. The predicted octanol–water partition coefficient (Wildman–Crippen LogP) is 1.84. The molecule has 0 aromatic carbocycles. The second-order valence-electron chi connectivity index (χ2n) is 5.61. The minimum Gasteiger partial charge on any atom is -0.378 e. The highest BCUT2D eigenvalue weighted by molar-refractivity contribution is 7.99. The predicted molar refractivity (Wildman–Crippen MR) is 84.2 cm³/mol. The summed E-state index contributed by atoms with van der Waals surface area (Å²) in [6.45, 7) is 6.69. The maximum Gasteiger partial charge on any atom is 0.223 e. The lowest BCUT2D eigenvalue weighted by atomic mass is 10.2. The van der Waals surface area contributed by atoms with Crippen molar-refractivity contribution in [1.82, 2.24) is 9.80 Å². The van der Waals surface area contributed by atoms with E-state index in [1.165, 1.54) is 45.3 Å². The van der Waals surface area contributed by atoms with Gasteiger partial charge in [-0.15, -0.1) is 0 Å². The first kappa shape index (κ1) is 16.1. The summed E-state index contributed by atoms with van der Waals surface area (Å²) in [5, 5.41) is 0. The molecule has 2 aliphatic heterocycles. The van der Waals surface area contributed by atoms with Gasteiger partial charge in [0.25, 0.3) is 0 Å². The first-order chi connectivity index (χ1) is 9.86. The van der Waals surface area contributed by atoms with Crippen LogP contribution >= 0.6 is 11.8 Å². The number of likely N-dealkylation sites (tertiary alicyclic amines) is 1. The molecule has 2 fully saturated rings. The molecule has 1 amide bonds. The number of rotatable bonds is 6. The van der Waals surface area contributed by atoms with Gasteiger partial charge in [0, 0.05) is 37.6 Å². The summed E-state index contributed by atoms with van der Waals surface area (Å²) in [5.74, 6) is 2.43. The van der Waals surface area contributed by atoms with Gasteiger partial charge in [-0.3, -0.25) is 4.79 Å². The van der Waals surface area contributed by atoms with Crippen LogP contribution in [-0.4, -0.2) is 73.2 Å². The fourth-order valence-electron chi connectivity index (χ4n) is 2.79. The van der Waals surface area contributed by atoms with Crippen LogP contribution in [-0.2, 0) is 9.53 Å². The molecule has 0 unspecified atom stereocenters. The zero-order valence-electron chi connectivity index (χ0n) is 12.5. The van der Waals surface area contributed by atoms with E-state index in [-0.39, 0.29) is 0 Å². The number of carbonyl (C=O) groups excluding carboxylic acids is 1. The molecule has 5 heteroatoms. The third kappa shape index (κ3) is 6.02. The zero-order chi connectivity index (χ0) is 14.0. The van der Waals surface area contributed by atoms with Crippen LogP contribution in [0.15, 0.2) is 0 Å². The van der Waals surface area contributed by atoms with Gasteiger partial charge in [-0.05, 0) is 25.9 Å². The van der Waals surface area contributed by atoms with Crippen LogP contribution in [0.1, 0.15) is 32.1 Å². The van der Waals surface area contributed by atoms with Gasteiger partial charge in [-0.2, -0.15) is 11.8 Å². The normalized spacial score (nSPS) is 21.7. The van der Waals surface area contributed by atoms with Gasteiger partial charge in [0.1, 0.15) is 0 Å². The number of hydrogen-bond acceptors (Lipinski definition) is 4. The molecule has 0 saturated carbocycles. The van der Waals surface area contributed by atoms with Gasteiger partial charge in [-0.1, -0.05) is 12.8 Å². The van der Waals surface area contributed by atoms with E-state index in [2.05, 4.69) is 4.90 Å². The van der Waals surface area contributed by atoms with Crippen LogP contribution in [0.2, 0.25) is 0 Å². The van der Waals surface area contributed by atoms with E-state index in [1.807, 2.05) is 16.7 Å². The molecule has 20 heavy (non-hydrogen) atoms. The molecule has 2 saturated heterocycles. The summed E-state index contributed by atoms with van der Waals surface area (Å²) >= 11 is 1.93. The van der Waals surface area contributed by atoms with Crippen molar-refractivity contribution in [3.63, 3.8) is 0 Å². The maximum absolute atomic E-state index is 12.0. The number of thioether (sulfide) groups is 1. The Morgan fingerprint density at radius 2 is 1.65 bits per heavy atom. The highest BCUT2D eigenvalue weighted by Gasteiger charge is 2.16. The Morgan fingerprint density at radius 3 is 2.35 bits per heavy atom. The number of morpholine rings is 1. The summed E-state index contributed by atoms with van der Waals surface area (Å²) in [6, 6.07) is 0. The van der Waals surface area contributed by atoms with Gasteiger partial charge < -0.3 is 14.5 Å². The Bertz CT molecular complexity index is 275. The van der Waals surface area contributed by atoms with Crippen LogP contribution in [0.5, 0.6) is 0 Å². The zero-order valence-corrected chi connectivity index (χ0v) is 13.3. The minimum atomic E-state index is 0.301. The second-order valence-corrected chi connectivity index (χ2v) is 6.84. The van der Waals surface area contributed by atoms with Gasteiger partial charge >= 0.3 is 0 Å². The van der Waals surface area contributed by atoms with Gasteiger partial charge in [0.15, 0.2) is 0 Å². The number of ether oxygens (including phenoxy) is 1. The first-order valence-corrected chi connectivity index (χ1v) is 9.17. The summed E-state index contributed by atoms with van der Waals surface area (Å²) in [5.41, 5.74) is 0. The van der Waals surface area contributed by atoms with Gasteiger partial charge in [0.05, 0.1) is 13.2 Å². The molecule has 0 bridgehead atoms. The molecule has 0 atom stereocenters. The van der Waals surface area contributed by atoms with Crippen molar-refractivity contribution in [2.45, 2.75) is 32.1 Å². The topological polar surface area (TPSA) is 32.8 Å². The highest BCUT2D eigenvalue weighted by Crippen LogP contribution is 2.11. The third-order valence-electron chi connectivity index (χ3n) is 4.07. The van der Waals surface area contributed by atoms with Crippen LogP contribution in [0.4, 0.5) is 0 Å². The summed E-state index contributed by atoms with van der Waals surface area (Å²) < 4.78 is 5.27. The van der Waals surface area contributed by atoms with Crippen molar-refractivity contribution in [2.75, 3.05) is 57.4 Å². The van der Waals surface area contributed by atoms with Crippen LogP contribution in [0.25, 0.3) is 0 Å². The van der Waals surface area contributed by atoms with Crippen LogP contribution in [0.3, 0.4) is 0 Å². The van der Waals surface area contributed by atoms with E-state index in [9.17, 15) is 4.79 Å². The largest absolute Gasteiger partial charge is 0.378 e. The summed E-state index contributed by atoms with van der Waals surface area (Å²) in [4.78, 5) is 16.5. The Hall–Kier alpha value is -0.260. The van der Waals surface area contributed by atoms with Crippen LogP contribution < -0.4 is 0 Å². The van der Waals surface area contributed by atoms with Gasteiger partial charge in [-0.25, -0.2) is 0 Å². The SMILES string of the molecule is O=C(CCSCCN1CCCCCC1)N1CCOCC1.